The lowest BCUT2D eigenvalue weighted by atomic mass is 9.97. The van der Waals surface area contributed by atoms with Gasteiger partial charge in [0.2, 0.25) is 0 Å². The number of benzene rings is 10. The molecule has 3 heteroatoms. The third kappa shape index (κ3) is 5.29. The van der Waals surface area contributed by atoms with Crippen LogP contribution in [0, 0.1) is 0 Å². The van der Waals surface area contributed by atoms with Crippen molar-refractivity contribution < 1.29 is 8.83 Å². The van der Waals surface area contributed by atoms with E-state index in [9.17, 15) is 0 Å². The number of rotatable bonds is 6. The molecule has 2 aromatic heterocycles. The molecule has 0 aliphatic rings. The quantitative estimate of drug-likeness (QED) is 0.158. The molecule has 0 fully saturated rings. The Bertz CT molecular complexity index is 3540. The number of furan rings is 2. The highest BCUT2D eigenvalue weighted by Crippen LogP contribution is 2.49. The Balaban J connectivity index is 1.09. The van der Waals surface area contributed by atoms with Crippen LogP contribution in [0.4, 0.5) is 17.1 Å². The molecule has 0 spiro atoms. The van der Waals surface area contributed by atoms with Crippen molar-refractivity contribution in [3.05, 3.63) is 212 Å². The third-order valence-corrected chi connectivity index (χ3v) is 11.9. The Morgan fingerprint density at radius 3 is 1.53 bits per heavy atom. The molecular weight excluding hydrogens is 719 g/mol. The van der Waals surface area contributed by atoms with Crippen LogP contribution in [0.25, 0.3) is 98.8 Å². The van der Waals surface area contributed by atoms with Gasteiger partial charge in [0.15, 0.2) is 0 Å². The second-order valence-corrected chi connectivity index (χ2v) is 15.2. The van der Waals surface area contributed by atoms with Gasteiger partial charge < -0.3 is 13.7 Å². The van der Waals surface area contributed by atoms with E-state index >= 15 is 0 Å². The van der Waals surface area contributed by atoms with Crippen LogP contribution in [0.1, 0.15) is 0 Å². The number of nitrogens with zero attached hydrogens (tertiary/aromatic N) is 1. The van der Waals surface area contributed by atoms with Crippen LogP contribution in [-0.4, -0.2) is 0 Å². The Hall–Kier alpha value is -7.88. The lowest BCUT2D eigenvalue weighted by molar-refractivity contribution is 0.670. The van der Waals surface area contributed by atoms with Gasteiger partial charge in [-0.05, 0) is 69.2 Å². The average molecular weight is 754 g/mol. The zero-order valence-electron chi connectivity index (χ0n) is 32.0. The van der Waals surface area contributed by atoms with Crippen molar-refractivity contribution in [2.24, 2.45) is 0 Å². The molecule has 12 aromatic rings. The first-order valence-electron chi connectivity index (χ1n) is 20.1. The van der Waals surface area contributed by atoms with Gasteiger partial charge in [0.25, 0.3) is 0 Å². The van der Waals surface area contributed by atoms with Crippen LogP contribution < -0.4 is 4.90 Å². The molecule has 59 heavy (non-hydrogen) atoms. The van der Waals surface area contributed by atoms with Crippen molar-refractivity contribution in [2.45, 2.75) is 0 Å². The molecule has 2 heterocycles. The Morgan fingerprint density at radius 2 is 0.814 bits per heavy atom. The topological polar surface area (TPSA) is 29.5 Å². The summed E-state index contributed by atoms with van der Waals surface area (Å²) in [5, 5.41) is 9.17. The largest absolute Gasteiger partial charge is 0.455 e. The second-order valence-electron chi connectivity index (χ2n) is 15.2. The zero-order chi connectivity index (χ0) is 38.9. The van der Waals surface area contributed by atoms with Crippen LogP contribution in [0.2, 0.25) is 0 Å². The highest BCUT2D eigenvalue weighted by atomic mass is 16.3. The Kier molecular flexibility index (Phi) is 7.54. The molecule has 0 N–H and O–H groups in total. The summed E-state index contributed by atoms with van der Waals surface area (Å²) in [6.45, 7) is 0. The number of hydrogen-bond acceptors (Lipinski definition) is 3. The van der Waals surface area contributed by atoms with Gasteiger partial charge in [0.05, 0.1) is 16.8 Å². The van der Waals surface area contributed by atoms with Gasteiger partial charge in [-0.2, -0.15) is 0 Å². The van der Waals surface area contributed by atoms with Gasteiger partial charge in [-0.25, -0.2) is 0 Å². The summed E-state index contributed by atoms with van der Waals surface area (Å²) in [5.74, 6) is 0. The van der Waals surface area contributed by atoms with E-state index in [1.807, 2.05) is 12.1 Å². The van der Waals surface area contributed by atoms with Crippen LogP contribution >= 0.6 is 0 Å². The summed E-state index contributed by atoms with van der Waals surface area (Å²) in [6, 6.07) is 75.5. The molecule has 0 radical (unpaired) electrons. The van der Waals surface area contributed by atoms with Gasteiger partial charge in [0.1, 0.15) is 22.3 Å². The summed E-state index contributed by atoms with van der Waals surface area (Å²) < 4.78 is 13.6. The third-order valence-electron chi connectivity index (χ3n) is 11.9. The van der Waals surface area contributed by atoms with Gasteiger partial charge in [-0.1, -0.05) is 176 Å². The minimum Gasteiger partial charge on any atom is -0.455 e. The van der Waals surface area contributed by atoms with Gasteiger partial charge >= 0.3 is 0 Å². The summed E-state index contributed by atoms with van der Waals surface area (Å²) in [6.07, 6.45) is 0. The molecule has 0 bridgehead atoms. The first-order valence-corrected chi connectivity index (χ1v) is 20.1. The highest BCUT2D eigenvalue weighted by Gasteiger charge is 2.24. The van der Waals surface area contributed by atoms with Crippen molar-refractivity contribution in [2.75, 3.05) is 4.90 Å². The first kappa shape index (κ1) is 33.3. The maximum Gasteiger partial charge on any atom is 0.145 e. The number of para-hydroxylation sites is 3. The first-order chi connectivity index (χ1) is 29.3. The molecule has 0 atom stereocenters. The van der Waals surface area contributed by atoms with E-state index in [1.54, 1.807) is 0 Å². The fourth-order valence-electron chi connectivity index (χ4n) is 9.16. The SMILES string of the molecule is c1ccc(-c2cccc3c2oc2c(-c4ccc(N(c5cccc6ccc7ccccc7c56)c5ccc(-c6ccccc6)c6oc7ccccc7c56)cc4)cccc23)cc1. The van der Waals surface area contributed by atoms with Crippen molar-refractivity contribution in [1.82, 2.24) is 0 Å². The van der Waals surface area contributed by atoms with E-state index in [0.29, 0.717) is 0 Å². The minimum atomic E-state index is 0.861. The fourth-order valence-corrected chi connectivity index (χ4v) is 9.16. The van der Waals surface area contributed by atoms with E-state index in [4.69, 9.17) is 8.83 Å². The maximum atomic E-state index is 6.84. The lowest BCUT2D eigenvalue weighted by Crippen LogP contribution is -2.11. The molecule has 10 aromatic carbocycles. The van der Waals surface area contributed by atoms with E-state index in [0.717, 1.165) is 94.3 Å². The van der Waals surface area contributed by atoms with Crippen molar-refractivity contribution >= 4 is 82.5 Å². The summed E-state index contributed by atoms with van der Waals surface area (Å²) >= 11 is 0. The molecule has 0 saturated heterocycles. The highest BCUT2D eigenvalue weighted by molar-refractivity contribution is 6.20. The molecule has 12 rings (SSSR count). The molecule has 0 aliphatic carbocycles. The smallest absolute Gasteiger partial charge is 0.145 e. The minimum absolute atomic E-state index is 0.861. The molecule has 3 nitrogen and oxygen atoms in total. The van der Waals surface area contributed by atoms with Crippen LogP contribution in [0.5, 0.6) is 0 Å². The van der Waals surface area contributed by atoms with E-state index in [2.05, 4.69) is 205 Å². The van der Waals surface area contributed by atoms with E-state index in [-0.39, 0.29) is 0 Å². The monoisotopic (exact) mass is 753 g/mol. The Morgan fingerprint density at radius 1 is 0.288 bits per heavy atom. The standard InChI is InChI=1S/C56H35NO2/c1-3-14-36(15-4-1)43-22-12-24-46-47-25-13-23-44(55(47)59-54(43)46)39-30-32-41(33-31-39)57(49-26-11-19-40-29-28-38-18-7-8-20-42(38)52(40)49)50-35-34-45(37-16-5-2-6-17-37)56-53(50)48-21-9-10-27-51(48)58-56/h1-35H. The Labute approximate surface area is 340 Å². The lowest BCUT2D eigenvalue weighted by Gasteiger charge is -2.28. The average Bonchev–Trinajstić information content (AvgIpc) is 3.90. The fraction of sp³-hybridized carbons (Fsp3) is 0. The van der Waals surface area contributed by atoms with E-state index < -0.39 is 0 Å². The maximum absolute atomic E-state index is 6.84. The molecular formula is C56H35NO2. The molecule has 0 amide bonds. The zero-order valence-corrected chi connectivity index (χ0v) is 32.0. The van der Waals surface area contributed by atoms with Gasteiger partial charge in [-0.15, -0.1) is 0 Å². The summed E-state index contributed by atoms with van der Waals surface area (Å²) in [5.41, 5.74) is 13.3. The second kappa shape index (κ2) is 13.4. The van der Waals surface area contributed by atoms with Crippen LogP contribution in [0.3, 0.4) is 0 Å². The molecule has 0 unspecified atom stereocenters. The predicted molar refractivity (Wildman–Crippen MR) is 247 cm³/mol. The normalized spacial score (nSPS) is 11.7. The predicted octanol–water partition coefficient (Wildman–Crippen LogP) is 16.3. The van der Waals surface area contributed by atoms with Crippen molar-refractivity contribution in [3.8, 4) is 33.4 Å². The van der Waals surface area contributed by atoms with Crippen molar-refractivity contribution in [1.29, 1.82) is 0 Å². The summed E-state index contributed by atoms with van der Waals surface area (Å²) in [7, 11) is 0. The molecule has 0 aliphatic heterocycles. The summed E-state index contributed by atoms with van der Waals surface area (Å²) in [4.78, 5) is 2.42. The van der Waals surface area contributed by atoms with Crippen molar-refractivity contribution in [3.63, 3.8) is 0 Å². The number of anilines is 3. The van der Waals surface area contributed by atoms with Crippen LogP contribution in [-0.2, 0) is 0 Å². The molecule has 276 valence electrons. The van der Waals surface area contributed by atoms with Gasteiger partial charge in [0, 0.05) is 43.9 Å². The van der Waals surface area contributed by atoms with Gasteiger partial charge in [-0.3, -0.25) is 0 Å². The number of hydrogen-bond donors (Lipinski definition) is 0. The number of fused-ring (bicyclic) bond motifs is 9. The van der Waals surface area contributed by atoms with E-state index in [1.165, 1.54) is 21.5 Å². The van der Waals surface area contributed by atoms with Crippen LogP contribution in [0.15, 0.2) is 221 Å². The molecule has 0 saturated carbocycles.